The average Bonchev–Trinajstić information content (AvgIpc) is 2.26. The SMILES string of the molecule is CCCCCCCCCCCC(O)C(=O)O. The molecule has 2 N–H and O–H groups in total. The van der Waals surface area contributed by atoms with Gasteiger partial charge in [0.2, 0.25) is 0 Å². The topological polar surface area (TPSA) is 57.5 Å². The van der Waals surface area contributed by atoms with Gasteiger partial charge in [-0.1, -0.05) is 64.7 Å². The highest BCUT2D eigenvalue weighted by atomic mass is 16.4. The van der Waals surface area contributed by atoms with Gasteiger partial charge < -0.3 is 10.2 Å². The van der Waals surface area contributed by atoms with E-state index in [4.69, 9.17) is 10.2 Å². The fraction of sp³-hybridized carbons (Fsp3) is 0.923. The fourth-order valence-electron chi connectivity index (χ4n) is 1.77. The van der Waals surface area contributed by atoms with Gasteiger partial charge in [0.1, 0.15) is 0 Å². The largest absolute Gasteiger partial charge is 0.479 e. The lowest BCUT2D eigenvalue weighted by Crippen LogP contribution is -2.18. The maximum atomic E-state index is 10.3. The molecule has 3 heteroatoms. The second kappa shape index (κ2) is 10.9. The number of carboxylic acid groups (broad SMARTS) is 1. The Morgan fingerprint density at radius 2 is 1.38 bits per heavy atom. The Morgan fingerprint density at radius 1 is 0.938 bits per heavy atom. The van der Waals surface area contributed by atoms with Crippen LogP contribution in [0.15, 0.2) is 0 Å². The molecular formula is C13H26O3. The molecule has 3 nitrogen and oxygen atoms in total. The van der Waals surface area contributed by atoms with Crippen LogP contribution in [-0.4, -0.2) is 22.3 Å². The van der Waals surface area contributed by atoms with E-state index in [2.05, 4.69) is 6.92 Å². The number of carboxylic acids is 1. The monoisotopic (exact) mass is 230 g/mol. The number of hydrogen-bond acceptors (Lipinski definition) is 2. The highest BCUT2D eigenvalue weighted by Crippen LogP contribution is 2.11. The molecule has 0 heterocycles. The molecule has 96 valence electrons. The first-order valence-corrected chi connectivity index (χ1v) is 6.59. The van der Waals surface area contributed by atoms with Crippen molar-refractivity contribution in [2.75, 3.05) is 0 Å². The lowest BCUT2D eigenvalue weighted by atomic mass is 10.1. The van der Waals surface area contributed by atoms with Gasteiger partial charge in [0, 0.05) is 0 Å². The predicted octanol–water partition coefficient (Wildman–Crippen LogP) is 3.35. The molecule has 0 radical (unpaired) electrons. The summed E-state index contributed by atoms with van der Waals surface area (Å²) in [6.45, 7) is 2.22. The van der Waals surface area contributed by atoms with Crippen LogP contribution < -0.4 is 0 Å². The molecule has 16 heavy (non-hydrogen) atoms. The standard InChI is InChI=1S/C13H26O3/c1-2-3-4-5-6-7-8-9-10-11-12(14)13(15)16/h12,14H,2-11H2,1H3,(H,15,16). The van der Waals surface area contributed by atoms with Crippen LogP contribution in [0.4, 0.5) is 0 Å². The first-order valence-electron chi connectivity index (χ1n) is 6.59. The summed E-state index contributed by atoms with van der Waals surface area (Å²) in [6.07, 6.45) is 10.1. The molecular weight excluding hydrogens is 204 g/mol. The van der Waals surface area contributed by atoms with Crippen LogP contribution in [0.25, 0.3) is 0 Å². The Labute approximate surface area is 98.9 Å². The van der Waals surface area contributed by atoms with E-state index in [1.54, 1.807) is 0 Å². The molecule has 0 amide bonds. The third kappa shape index (κ3) is 9.97. The first kappa shape index (κ1) is 15.4. The second-order valence-electron chi connectivity index (χ2n) is 4.47. The third-order valence-electron chi connectivity index (χ3n) is 2.87. The molecule has 1 atom stereocenters. The maximum Gasteiger partial charge on any atom is 0.332 e. The van der Waals surface area contributed by atoms with Crippen molar-refractivity contribution in [2.45, 2.75) is 77.2 Å². The van der Waals surface area contributed by atoms with Crippen molar-refractivity contribution >= 4 is 5.97 Å². The Morgan fingerprint density at radius 3 is 1.81 bits per heavy atom. The zero-order chi connectivity index (χ0) is 12.2. The molecule has 0 saturated heterocycles. The molecule has 0 aliphatic heterocycles. The Kier molecular flexibility index (Phi) is 10.5. The van der Waals surface area contributed by atoms with Crippen LogP contribution in [0.5, 0.6) is 0 Å². The van der Waals surface area contributed by atoms with Gasteiger partial charge in [-0.2, -0.15) is 0 Å². The van der Waals surface area contributed by atoms with Crippen molar-refractivity contribution in [1.29, 1.82) is 0 Å². The van der Waals surface area contributed by atoms with E-state index in [9.17, 15) is 4.79 Å². The van der Waals surface area contributed by atoms with Crippen LogP contribution in [0, 0.1) is 0 Å². The number of hydrogen-bond donors (Lipinski definition) is 2. The van der Waals surface area contributed by atoms with Gasteiger partial charge in [-0.15, -0.1) is 0 Å². The van der Waals surface area contributed by atoms with Crippen molar-refractivity contribution in [3.05, 3.63) is 0 Å². The Bertz CT molecular complexity index is 169. The molecule has 0 aromatic heterocycles. The van der Waals surface area contributed by atoms with Gasteiger partial charge in [0.25, 0.3) is 0 Å². The summed E-state index contributed by atoms with van der Waals surface area (Å²) in [5.74, 6) is -1.10. The molecule has 0 fully saturated rings. The minimum atomic E-state index is -1.16. The quantitative estimate of drug-likeness (QED) is 0.535. The van der Waals surface area contributed by atoms with E-state index in [1.807, 2.05) is 0 Å². The van der Waals surface area contributed by atoms with E-state index in [0.29, 0.717) is 6.42 Å². The summed E-state index contributed by atoms with van der Waals surface area (Å²) in [7, 11) is 0. The van der Waals surface area contributed by atoms with Crippen LogP contribution in [-0.2, 0) is 4.79 Å². The molecule has 0 aliphatic rings. The predicted molar refractivity (Wildman–Crippen MR) is 65.5 cm³/mol. The summed E-state index contributed by atoms with van der Waals surface area (Å²) in [5, 5.41) is 17.5. The number of unbranched alkanes of at least 4 members (excludes halogenated alkanes) is 8. The van der Waals surface area contributed by atoms with Crippen molar-refractivity contribution in [2.24, 2.45) is 0 Å². The van der Waals surface area contributed by atoms with Crippen LogP contribution in [0.2, 0.25) is 0 Å². The van der Waals surface area contributed by atoms with Crippen molar-refractivity contribution < 1.29 is 15.0 Å². The fourth-order valence-corrected chi connectivity index (χ4v) is 1.77. The number of carbonyl (C=O) groups is 1. The summed E-state index contributed by atoms with van der Waals surface area (Å²) < 4.78 is 0. The van der Waals surface area contributed by atoms with Gasteiger partial charge in [0.15, 0.2) is 6.10 Å². The van der Waals surface area contributed by atoms with E-state index in [0.717, 1.165) is 12.8 Å². The van der Waals surface area contributed by atoms with Crippen LogP contribution >= 0.6 is 0 Å². The molecule has 1 unspecified atom stereocenters. The number of rotatable bonds is 11. The third-order valence-corrected chi connectivity index (χ3v) is 2.87. The van der Waals surface area contributed by atoms with Crippen LogP contribution in [0.1, 0.15) is 71.1 Å². The number of aliphatic hydroxyl groups is 1. The van der Waals surface area contributed by atoms with Gasteiger partial charge in [-0.3, -0.25) is 0 Å². The highest BCUT2D eigenvalue weighted by molar-refractivity contribution is 5.71. The zero-order valence-corrected chi connectivity index (χ0v) is 10.5. The van der Waals surface area contributed by atoms with E-state index in [-0.39, 0.29) is 0 Å². The van der Waals surface area contributed by atoms with Crippen molar-refractivity contribution in [3.63, 3.8) is 0 Å². The smallest absolute Gasteiger partial charge is 0.332 e. The molecule has 0 rings (SSSR count). The van der Waals surface area contributed by atoms with E-state index in [1.165, 1.54) is 44.9 Å². The lowest BCUT2D eigenvalue weighted by molar-refractivity contribution is -0.146. The molecule has 0 spiro atoms. The molecule has 0 aliphatic carbocycles. The number of aliphatic carboxylic acids is 1. The molecule has 0 aromatic rings. The van der Waals surface area contributed by atoms with E-state index >= 15 is 0 Å². The minimum absolute atomic E-state index is 0.394. The van der Waals surface area contributed by atoms with E-state index < -0.39 is 12.1 Å². The Balaban J connectivity index is 3.07. The Hall–Kier alpha value is -0.570. The lowest BCUT2D eigenvalue weighted by Gasteiger charge is -2.04. The molecule has 0 bridgehead atoms. The number of aliphatic hydroxyl groups excluding tert-OH is 1. The van der Waals surface area contributed by atoms with Crippen molar-refractivity contribution in [3.8, 4) is 0 Å². The van der Waals surface area contributed by atoms with Gasteiger partial charge in [0.05, 0.1) is 0 Å². The van der Waals surface area contributed by atoms with Gasteiger partial charge >= 0.3 is 5.97 Å². The minimum Gasteiger partial charge on any atom is -0.479 e. The molecule has 0 saturated carbocycles. The van der Waals surface area contributed by atoms with Crippen molar-refractivity contribution in [1.82, 2.24) is 0 Å². The summed E-state index contributed by atoms with van der Waals surface area (Å²) >= 11 is 0. The van der Waals surface area contributed by atoms with Gasteiger partial charge in [-0.25, -0.2) is 4.79 Å². The highest BCUT2D eigenvalue weighted by Gasteiger charge is 2.11. The second-order valence-corrected chi connectivity index (χ2v) is 4.47. The van der Waals surface area contributed by atoms with Gasteiger partial charge in [-0.05, 0) is 6.42 Å². The summed E-state index contributed by atoms with van der Waals surface area (Å²) in [5.41, 5.74) is 0. The normalized spacial score (nSPS) is 12.6. The zero-order valence-electron chi connectivity index (χ0n) is 10.5. The first-order chi connectivity index (χ1) is 7.68. The maximum absolute atomic E-state index is 10.3. The summed E-state index contributed by atoms with van der Waals surface area (Å²) in [6, 6.07) is 0. The summed E-state index contributed by atoms with van der Waals surface area (Å²) in [4.78, 5) is 10.3. The molecule has 0 aromatic carbocycles. The van der Waals surface area contributed by atoms with Crippen LogP contribution in [0.3, 0.4) is 0 Å². The average molecular weight is 230 g/mol.